The Bertz CT molecular complexity index is 194. The monoisotopic (exact) mass is 216 g/mol. The molecule has 0 aliphatic rings. The standard InChI is InChI=1S/C8H12N2.BrH/c9-5-7-2-1-3-8(4-7)6-10;/h1-4H,5-6,9-10H2;1H. The Morgan fingerprint density at radius 1 is 1.00 bits per heavy atom. The van der Waals surface area contributed by atoms with Crippen molar-refractivity contribution in [2.45, 2.75) is 13.1 Å². The molecule has 0 heterocycles. The van der Waals surface area contributed by atoms with Crippen LogP contribution in [-0.2, 0) is 13.1 Å². The van der Waals surface area contributed by atoms with Crippen molar-refractivity contribution in [1.29, 1.82) is 0 Å². The Kier molecular flexibility index (Phi) is 5.11. The summed E-state index contributed by atoms with van der Waals surface area (Å²) in [5, 5.41) is 0. The third-order valence-corrected chi connectivity index (χ3v) is 1.46. The molecule has 62 valence electrons. The van der Waals surface area contributed by atoms with Crippen LogP contribution in [-0.4, -0.2) is 0 Å². The molecule has 11 heavy (non-hydrogen) atoms. The molecule has 1 rings (SSSR count). The molecule has 0 unspecified atom stereocenters. The smallest absolute Gasteiger partial charge is 0.0178 e. The first kappa shape index (κ1) is 10.6. The van der Waals surface area contributed by atoms with Crippen molar-refractivity contribution in [2.24, 2.45) is 11.5 Å². The molecule has 0 saturated heterocycles. The quantitative estimate of drug-likeness (QED) is 0.781. The van der Waals surface area contributed by atoms with Crippen LogP contribution < -0.4 is 11.5 Å². The number of rotatable bonds is 2. The molecule has 0 spiro atoms. The van der Waals surface area contributed by atoms with Gasteiger partial charge in [-0.3, -0.25) is 0 Å². The minimum absolute atomic E-state index is 0. The van der Waals surface area contributed by atoms with Crippen molar-refractivity contribution < 1.29 is 0 Å². The highest BCUT2D eigenvalue weighted by molar-refractivity contribution is 8.93. The maximum atomic E-state index is 5.43. The van der Waals surface area contributed by atoms with Gasteiger partial charge in [-0.25, -0.2) is 0 Å². The van der Waals surface area contributed by atoms with Gasteiger partial charge >= 0.3 is 0 Å². The predicted octanol–water partition coefficient (Wildman–Crippen LogP) is 1.18. The van der Waals surface area contributed by atoms with Gasteiger partial charge in [0.15, 0.2) is 0 Å². The van der Waals surface area contributed by atoms with Crippen LogP contribution in [0.5, 0.6) is 0 Å². The minimum Gasteiger partial charge on any atom is -0.326 e. The van der Waals surface area contributed by atoms with Gasteiger partial charge in [0.1, 0.15) is 0 Å². The van der Waals surface area contributed by atoms with Gasteiger partial charge < -0.3 is 11.5 Å². The lowest BCUT2D eigenvalue weighted by Gasteiger charge is -1.98. The van der Waals surface area contributed by atoms with Crippen LogP contribution in [0.25, 0.3) is 0 Å². The molecule has 0 fully saturated rings. The fourth-order valence-electron chi connectivity index (χ4n) is 0.884. The minimum atomic E-state index is 0. The molecule has 0 saturated carbocycles. The largest absolute Gasteiger partial charge is 0.326 e. The van der Waals surface area contributed by atoms with Crippen molar-refractivity contribution >= 4 is 17.0 Å². The summed E-state index contributed by atoms with van der Waals surface area (Å²) < 4.78 is 0. The van der Waals surface area contributed by atoms with Gasteiger partial charge in [-0.15, -0.1) is 17.0 Å². The highest BCUT2D eigenvalue weighted by Gasteiger charge is 1.89. The van der Waals surface area contributed by atoms with E-state index in [1.54, 1.807) is 0 Å². The summed E-state index contributed by atoms with van der Waals surface area (Å²) in [5.74, 6) is 0. The molecule has 0 radical (unpaired) electrons. The van der Waals surface area contributed by atoms with E-state index in [0.717, 1.165) is 11.1 Å². The fraction of sp³-hybridized carbons (Fsp3) is 0.250. The molecule has 2 nitrogen and oxygen atoms in total. The normalized spacial score (nSPS) is 8.91. The second-order valence-electron chi connectivity index (χ2n) is 2.23. The van der Waals surface area contributed by atoms with Crippen LogP contribution in [0.2, 0.25) is 0 Å². The molecular weight excluding hydrogens is 204 g/mol. The van der Waals surface area contributed by atoms with Gasteiger partial charge in [-0.1, -0.05) is 24.3 Å². The fourth-order valence-corrected chi connectivity index (χ4v) is 0.884. The maximum Gasteiger partial charge on any atom is 0.0178 e. The van der Waals surface area contributed by atoms with E-state index in [1.807, 2.05) is 24.3 Å². The van der Waals surface area contributed by atoms with Crippen LogP contribution in [0.4, 0.5) is 0 Å². The molecule has 3 heteroatoms. The van der Waals surface area contributed by atoms with E-state index in [4.69, 9.17) is 11.5 Å². The summed E-state index contributed by atoms with van der Waals surface area (Å²) in [7, 11) is 0. The first-order valence-electron chi connectivity index (χ1n) is 3.34. The van der Waals surface area contributed by atoms with Crippen molar-refractivity contribution in [3.05, 3.63) is 35.4 Å². The maximum absolute atomic E-state index is 5.43. The van der Waals surface area contributed by atoms with Crippen LogP contribution in [0.15, 0.2) is 24.3 Å². The summed E-state index contributed by atoms with van der Waals surface area (Å²) in [6, 6.07) is 8.00. The Morgan fingerprint density at radius 2 is 1.45 bits per heavy atom. The summed E-state index contributed by atoms with van der Waals surface area (Å²) in [4.78, 5) is 0. The topological polar surface area (TPSA) is 52.0 Å². The Hall–Kier alpha value is -0.380. The lowest BCUT2D eigenvalue weighted by Crippen LogP contribution is -2.00. The van der Waals surface area contributed by atoms with Gasteiger partial charge in [0.2, 0.25) is 0 Å². The highest BCUT2D eigenvalue weighted by atomic mass is 79.9. The predicted molar refractivity (Wildman–Crippen MR) is 52.5 cm³/mol. The van der Waals surface area contributed by atoms with E-state index in [0.29, 0.717) is 13.1 Å². The summed E-state index contributed by atoms with van der Waals surface area (Å²) in [5.41, 5.74) is 13.1. The molecular formula is C8H13BrN2. The molecule has 1 aromatic carbocycles. The first-order chi connectivity index (χ1) is 4.86. The number of hydrogen-bond acceptors (Lipinski definition) is 2. The van der Waals surface area contributed by atoms with E-state index < -0.39 is 0 Å². The Balaban J connectivity index is 0.000001000. The van der Waals surface area contributed by atoms with Crippen LogP contribution in [0.3, 0.4) is 0 Å². The Morgan fingerprint density at radius 3 is 1.82 bits per heavy atom. The number of halogens is 1. The van der Waals surface area contributed by atoms with E-state index in [9.17, 15) is 0 Å². The van der Waals surface area contributed by atoms with Crippen LogP contribution in [0, 0.1) is 0 Å². The SMILES string of the molecule is Br.NCc1cccc(CN)c1. The summed E-state index contributed by atoms with van der Waals surface area (Å²) >= 11 is 0. The summed E-state index contributed by atoms with van der Waals surface area (Å²) in [6.45, 7) is 1.18. The molecule has 0 aliphatic heterocycles. The van der Waals surface area contributed by atoms with Crippen LogP contribution >= 0.6 is 17.0 Å². The lowest BCUT2D eigenvalue weighted by atomic mass is 10.1. The second kappa shape index (κ2) is 5.29. The molecule has 4 N–H and O–H groups in total. The second-order valence-corrected chi connectivity index (χ2v) is 2.23. The van der Waals surface area contributed by atoms with E-state index in [-0.39, 0.29) is 17.0 Å². The van der Waals surface area contributed by atoms with E-state index >= 15 is 0 Å². The van der Waals surface area contributed by atoms with E-state index in [1.165, 1.54) is 0 Å². The molecule has 1 aromatic rings. The number of benzene rings is 1. The van der Waals surface area contributed by atoms with Gasteiger partial charge in [0.25, 0.3) is 0 Å². The highest BCUT2D eigenvalue weighted by Crippen LogP contribution is 2.02. The third kappa shape index (κ3) is 3.01. The molecule has 0 bridgehead atoms. The average molecular weight is 217 g/mol. The van der Waals surface area contributed by atoms with Gasteiger partial charge in [0.05, 0.1) is 0 Å². The van der Waals surface area contributed by atoms with Gasteiger partial charge in [0, 0.05) is 13.1 Å². The van der Waals surface area contributed by atoms with Crippen molar-refractivity contribution in [1.82, 2.24) is 0 Å². The third-order valence-electron chi connectivity index (χ3n) is 1.46. The van der Waals surface area contributed by atoms with Gasteiger partial charge in [-0.05, 0) is 11.1 Å². The lowest BCUT2D eigenvalue weighted by molar-refractivity contribution is 1.03. The zero-order chi connectivity index (χ0) is 7.40. The van der Waals surface area contributed by atoms with Crippen molar-refractivity contribution in [3.63, 3.8) is 0 Å². The molecule has 0 aliphatic carbocycles. The van der Waals surface area contributed by atoms with E-state index in [2.05, 4.69) is 0 Å². The van der Waals surface area contributed by atoms with Gasteiger partial charge in [-0.2, -0.15) is 0 Å². The summed E-state index contributed by atoms with van der Waals surface area (Å²) in [6.07, 6.45) is 0. The molecule has 0 aromatic heterocycles. The Labute approximate surface area is 77.4 Å². The van der Waals surface area contributed by atoms with Crippen LogP contribution in [0.1, 0.15) is 11.1 Å². The van der Waals surface area contributed by atoms with Crippen molar-refractivity contribution in [2.75, 3.05) is 0 Å². The zero-order valence-corrected chi connectivity index (χ0v) is 8.00. The van der Waals surface area contributed by atoms with Crippen molar-refractivity contribution in [3.8, 4) is 0 Å². The number of nitrogens with two attached hydrogens (primary N) is 2. The average Bonchev–Trinajstić information content (AvgIpc) is 2.05. The molecule has 0 amide bonds. The molecule has 0 atom stereocenters. The first-order valence-corrected chi connectivity index (χ1v) is 3.34. The number of hydrogen-bond donors (Lipinski definition) is 2. The zero-order valence-electron chi connectivity index (χ0n) is 6.29.